The Bertz CT molecular complexity index is 3490. The summed E-state index contributed by atoms with van der Waals surface area (Å²) in [6, 6.07) is 7.33. The van der Waals surface area contributed by atoms with E-state index < -0.39 is 60.0 Å². The molecule has 0 saturated heterocycles. The van der Waals surface area contributed by atoms with Crippen LogP contribution in [-0.2, 0) is 87.6 Å². The molecule has 6 aliphatic rings. The van der Waals surface area contributed by atoms with E-state index in [0.29, 0.717) is 67.3 Å². The number of halogens is 12. The molecule has 0 amide bonds. The molecule has 486 valence electrons. The minimum atomic E-state index is -5.07. The summed E-state index contributed by atoms with van der Waals surface area (Å²) in [5.74, 6) is 2.85. The van der Waals surface area contributed by atoms with Gasteiger partial charge in [0.2, 0.25) is 0 Å². The van der Waals surface area contributed by atoms with Crippen LogP contribution in [0.1, 0.15) is 173 Å². The van der Waals surface area contributed by atoms with Crippen molar-refractivity contribution < 1.29 is 52.7 Å². The molecule has 2 atom stereocenters. The first-order chi connectivity index (χ1) is 42.3. The quantitative estimate of drug-likeness (QED) is 0.0536. The number of anilines is 4. The van der Waals surface area contributed by atoms with Gasteiger partial charge in [-0.2, -0.15) is 62.3 Å². The highest BCUT2D eigenvalue weighted by atomic mass is 19.4. The topological polar surface area (TPSA) is 126 Å². The van der Waals surface area contributed by atoms with Gasteiger partial charge in [0.25, 0.3) is 11.9 Å². The molecule has 14 nitrogen and oxygen atoms in total. The number of fused-ring (bicyclic) bond motifs is 2. The number of rotatable bonds is 24. The van der Waals surface area contributed by atoms with E-state index in [1.165, 1.54) is 9.59 Å². The van der Waals surface area contributed by atoms with Gasteiger partial charge in [0.1, 0.15) is 11.6 Å². The number of pyridine rings is 2. The molecule has 90 heavy (non-hydrogen) atoms. The Morgan fingerprint density at radius 3 is 1.33 bits per heavy atom. The van der Waals surface area contributed by atoms with Crippen LogP contribution in [0.25, 0.3) is 0 Å². The lowest BCUT2D eigenvalue weighted by molar-refractivity contribution is -0.144. The SMILES string of the molecule is CC(C)Cn1nnc(N(Cc2cc(C(F)(F)F)cc(C(F)(F)F)c2)Cc2cc3c(nc2N(CC2CC2)CC2CC2Cn2nnc(N(Cc4cc(C(F)(F)F)cc(C(F)(F)F)c4)Cc4cc5c(nc4N(CC4CC4)CC4CC4)C(C)(C)CCC5)n2)C(C)(C)CC3)n1. The van der Waals surface area contributed by atoms with Crippen LogP contribution in [0, 0.1) is 35.5 Å². The van der Waals surface area contributed by atoms with Crippen LogP contribution in [-0.4, -0.2) is 76.6 Å². The van der Waals surface area contributed by atoms with E-state index in [0.717, 1.165) is 130 Å². The maximum absolute atomic E-state index is 14.4. The minimum absolute atomic E-state index is 0.00651. The van der Waals surface area contributed by atoms with Gasteiger partial charge in [-0.1, -0.05) is 51.7 Å². The summed E-state index contributed by atoms with van der Waals surface area (Å²) in [4.78, 5) is 21.4. The summed E-state index contributed by atoms with van der Waals surface area (Å²) >= 11 is 0. The molecule has 0 N–H and O–H groups in total. The van der Waals surface area contributed by atoms with Crippen LogP contribution in [0.15, 0.2) is 48.5 Å². The Morgan fingerprint density at radius 1 is 0.489 bits per heavy atom. The number of hydrogen-bond acceptors (Lipinski definition) is 12. The zero-order valence-corrected chi connectivity index (χ0v) is 51.4. The third-order valence-electron chi connectivity index (χ3n) is 18.7. The number of hydrogen-bond donors (Lipinski definition) is 0. The zero-order chi connectivity index (χ0) is 64.0. The van der Waals surface area contributed by atoms with Crippen molar-refractivity contribution in [2.75, 3.05) is 45.8 Å². The lowest BCUT2D eigenvalue weighted by Crippen LogP contribution is -2.34. The Labute approximate surface area is 515 Å². The van der Waals surface area contributed by atoms with Gasteiger partial charge in [0, 0.05) is 74.3 Å². The van der Waals surface area contributed by atoms with Crippen molar-refractivity contribution in [3.63, 3.8) is 0 Å². The molecule has 4 aromatic heterocycles. The van der Waals surface area contributed by atoms with E-state index in [4.69, 9.17) is 15.1 Å². The van der Waals surface area contributed by atoms with E-state index in [2.05, 4.69) is 69.3 Å². The largest absolute Gasteiger partial charge is 0.416 e. The number of aryl methyl sites for hydroxylation is 2. The standard InChI is InChI=1S/C64H76F12N14/c1-37(2)27-89-81-57(79-83-89)87(31-41-18-49(61(65,66)67)25-50(19-41)62(68,69)70)35-48-23-44-15-17-60(5,6)54(44)78-56(48)86(30-40-13-14-40)33-45-24-46(45)36-90-82-58(80-84-90)88(32-42-20-51(63(71,72)73)26-52(21-42)64(74,75)76)34-47-22-43-8-7-16-59(3,4)53(43)77-55(47)85(28-38-9-10-38)29-39-11-12-39/h18-23,25-26,37-40,45-46H,7-17,24,27-36H2,1-6H3. The molecular weight excluding hydrogens is 1190 g/mol. The molecule has 0 spiro atoms. The molecule has 0 aliphatic heterocycles. The molecule has 12 rings (SSSR count). The molecule has 0 bridgehead atoms. The molecule has 0 radical (unpaired) electrons. The average molecular weight is 1270 g/mol. The number of nitrogens with zero attached hydrogens (tertiary/aromatic N) is 14. The fourth-order valence-electron chi connectivity index (χ4n) is 13.2. The lowest BCUT2D eigenvalue weighted by atomic mass is 9.75. The van der Waals surface area contributed by atoms with Gasteiger partial charge >= 0.3 is 24.7 Å². The molecule has 2 unspecified atom stereocenters. The monoisotopic (exact) mass is 1270 g/mol. The van der Waals surface area contributed by atoms with Crippen molar-refractivity contribution in [2.45, 2.75) is 193 Å². The second kappa shape index (κ2) is 23.7. The second-order valence-corrected chi connectivity index (χ2v) is 28.2. The van der Waals surface area contributed by atoms with Crippen LogP contribution in [0.2, 0.25) is 0 Å². The number of alkyl halides is 12. The summed E-state index contributed by atoms with van der Waals surface area (Å²) in [5, 5.41) is 26.9. The summed E-state index contributed by atoms with van der Waals surface area (Å²) in [7, 11) is 0. The Morgan fingerprint density at radius 2 is 0.900 bits per heavy atom. The van der Waals surface area contributed by atoms with Crippen LogP contribution < -0.4 is 19.6 Å². The van der Waals surface area contributed by atoms with Gasteiger partial charge in [0.05, 0.1) is 46.7 Å². The first kappa shape index (κ1) is 63.4. The normalized spacial score (nSPS) is 19.7. The number of tetrazole rings is 2. The molecule has 6 aromatic rings. The molecule has 4 saturated carbocycles. The van der Waals surface area contributed by atoms with Crippen LogP contribution >= 0.6 is 0 Å². The minimum Gasteiger partial charge on any atom is -0.356 e. The zero-order valence-electron chi connectivity index (χ0n) is 51.4. The fourth-order valence-corrected chi connectivity index (χ4v) is 13.2. The van der Waals surface area contributed by atoms with Gasteiger partial charge in [-0.3, -0.25) is 0 Å². The summed E-state index contributed by atoms with van der Waals surface area (Å²) < 4.78 is 172. The van der Waals surface area contributed by atoms with Crippen molar-refractivity contribution in [2.24, 2.45) is 35.5 Å². The van der Waals surface area contributed by atoms with Gasteiger partial charge in [-0.25, -0.2) is 9.97 Å². The van der Waals surface area contributed by atoms with Crippen LogP contribution in [0.4, 0.5) is 76.2 Å². The van der Waals surface area contributed by atoms with Gasteiger partial charge < -0.3 is 19.6 Å². The highest BCUT2D eigenvalue weighted by molar-refractivity contribution is 5.56. The maximum Gasteiger partial charge on any atom is 0.416 e. The van der Waals surface area contributed by atoms with Crippen molar-refractivity contribution in [3.8, 4) is 0 Å². The van der Waals surface area contributed by atoms with Gasteiger partial charge in [-0.05, 0) is 194 Å². The van der Waals surface area contributed by atoms with E-state index in [9.17, 15) is 52.7 Å². The first-order valence-electron chi connectivity index (χ1n) is 31.5. The third-order valence-corrected chi connectivity index (χ3v) is 18.7. The molecule has 4 fully saturated rings. The molecule has 4 heterocycles. The summed E-state index contributed by atoms with van der Waals surface area (Å²) in [5.41, 5.74) is -1.37. The van der Waals surface area contributed by atoms with Gasteiger partial charge in [-0.15, -0.1) is 10.2 Å². The highest BCUT2D eigenvalue weighted by Gasteiger charge is 2.44. The average Bonchev–Trinajstić information content (AvgIpc) is 1.15. The maximum atomic E-state index is 14.4. The van der Waals surface area contributed by atoms with Crippen molar-refractivity contribution in [1.29, 1.82) is 0 Å². The first-order valence-corrected chi connectivity index (χ1v) is 31.5. The smallest absolute Gasteiger partial charge is 0.356 e. The summed E-state index contributed by atoms with van der Waals surface area (Å²) in [6.45, 7) is 14.9. The summed E-state index contributed by atoms with van der Waals surface area (Å²) in [6.07, 6.45) is -9.15. The Hall–Kier alpha value is -6.76. The third kappa shape index (κ3) is 14.9. The van der Waals surface area contributed by atoms with E-state index in [1.54, 1.807) is 9.80 Å². The highest BCUT2D eigenvalue weighted by Crippen LogP contribution is 2.47. The molecule has 2 aromatic carbocycles. The second-order valence-electron chi connectivity index (χ2n) is 28.2. The lowest BCUT2D eigenvalue weighted by Gasteiger charge is -2.35. The number of benzene rings is 2. The van der Waals surface area contributed by atoms with Crippen LogP contribution in [0.3, 0.4) is 0 Å². The molecule has 6 aliphatic carbocycles. The van der Waals surface area contributed by atoms with Crippen molar-refractivity contribution in [3.05, 3.63) is 116 Å². The Kier molecular flexibility index (Phi) is 16.7. The number of aromatic nitrogens is 10. The van der Waals surface area contributed by atoms with E-state index in [1.807, 2.05) is 19.9 Å². The Balaban J connectivity index is 0.859. The fraction of sp³-hybridized carbons (Fsp3) is 0.625. The van der Waals surface area contributed by atoms with E-state index in [-0.39, 0.29) is 83.4 Å². The van der Waals surface area contributed by atoms with Crippen molar-refractivity contribution >= 4 is 23.5 Å². The predicted molar refractivity (Wildman–Crippen MR) is 313 cm³/mol. The van der Waals surface area contributed by atoms with Gasteiger partial charge in [0.15, 0.2) is 0 Å². The molecule has 26 heteroatoms. The van der Waals surface area contributed by atoms with Crippen LogP contribution in [0.5, 0.6) is 0 Å². The predicted octanol–water partition coefficient (Wildman–Crippen LogP) is 14.6. The van der Waals surface area contributed by atoms with Crippen molar-refractivity contribution in [1.82, 2.24) is 50.4 Å². The molecular formula is C64H76F12N14. The van der Waals surface area contributed by atoms with E-state index >= 15 is 0 Å².